The largest absolute Gasteiger partial charge is 0.508 e. The molecule has 3 atom stereocenters. The molecule has 0 radical (unpaired) electrons. The second kappa shape index (κ2) is 10.9. The lowest BCUT2D eigenvalue weighted by Crippen LogP contribution is -2.51. The Morgan fingerprint density at radius 3 is 2.69 bits per heavy atom. The van der Waals surface area contributed by atoms with E-state index in [0.29, 0.717) is 22.4 Å². The summed E-state index contributed by atoms with van der Waals surface area (Å²) in [6, 6.07) is 7.59. The average molecular weight is 560 g/mol. The van der Waals surface area contributed by atoms with Gasteiger partial charge in [0.05, 0.1) is 23.7 Å². The van der Waals surface area contributed by atoms with Crippen molar-refractivity contribution in [1.82, 2.24) is 14.8 Å². The lowest BCUT2D eigenvalue weighted by atomic mass is 10.1. The van der Waals surface area contributed by atoms with Gasteiger partial charge in [0, 0.05) is 35.3 Å². The van der Waals surface area contributed by atoms with E-state index in [1.165, 1.54) is 42.0 Å². The van der Waals surface area contributed by atoms with Crippen molar-refractivity contribution >= 4 is 40.1 Å². The molecule has 2 aliphatic rings. The molecule has 2 heterocycles. The van der Waals surface area contributed by atoms with E-state index in [0.717, 1.165) is 17.7 Å². The minimum atomic E-state index is -1.61. The zero-order valence-electron chi connectivity index (χ0n) is 21.2. The number of ether oxygens (including phenoxy) is 1. The fourth-order valence-corrected chi connectivity index (χ4v) is 5.15. The first-order chi connectivity index (χ1) is 18.6. The van der Waals surface area contributed by atoms with Gasteiger partial charge in [-0.25, -0.2) is 8.78 Å². The van der Waals surface area contributed by atoms with Crippen molar-refractivity contribution in [1.29, 1.82) is 0 Å². The van der Waals surface area contributed by atoms with E-state index in [1.54, 1.807) is 12.1 Å². The smallest absolute Gasteiger partial charge is 0.245 e. The molecule has 5 rings (SSSR count). The van der Waals surface area contributed by atoms with Gasteiger partial charge in [-0.3, -0.25) is 14.4 Å². The number of hydrogen-bond acceptors (Lipinski definition) is 5. The Bertz CT molecular complexity index is 1440. The van der Waals surface area contributed by atoms with Crippen molar-refractivity contribution in [3.63, 3.8) is 0 Å². The monoisotopic (exact) mass is 559 g/mol. The van der Waals surface area contributed by atoms with Crippen molar-refractivity contribution in [2.45, 2.75) is 51.2 Å². The molecule has 2 N–H and O–H groups in total. The Kier molecular flexibility index (Phi) is 7.59. The number of hydrogen-bond donors (Lipinski definition) is 2. The Morgan fingerprint density at radius 2 is 1.97 bits per heavy atom. The summed E-state index contributed by atoms with van der Waals surface area (Å²) >= 11 is 5.84. The lowest BCUT2D eigenvalue weighted by Gasteiger charge is -2.27. The fourth-order valence-electron chi connectivity index (χ4n) is 4.96. The van der Waals surface area contributed by atoms with Crippen LogP contribution in [-0.2, 0) is 27.4 Å². The Morgan fingerprint density at radius 1 is 1.21 bits per heavy atom. The first-order valence-electron chi connectivity index (χ1n) is 12.7. The Balaban J connectivity index is 1.39. The molecular formula is C28H28ClF2N3O5. The number of halogens is 3. The summed E-state index contributed by atoms with van der Waals surface area (Å²) < 4.78 is 36.9. The SMILES string of the molecule is CC(=O)c1cn(CC(=O)N2CC(F)[C@@H](OCC3CC3)[C@H]2C(=O)NCc2cccc(Cl)c2F)c2cc(O)ccc12. The highest BCUT2D eigenvalue weighted by Crippen LogP contribution is 2.33. The van der Waals surface area contributed by atoms with Crippen LogP contribution < -0.4 is 5.32 Å². The number of nitrogens with one attached hydrogen (secondary N) is 1. The molecule has 39 heavy (non-hydrogen) atoms. The summed E-state index contributed by atoms with van der Waals surface area (Å²) in [5.41, 5.74) is 0.962. The van der Waals surface area contributed by atoms with E-state index in [2.05, 4.69) is 5.32 Å². The van der Waals surface area contributed by atoms with Crippen LogP contribution in [0.3, 0.4) is 0 Å². The van der Waals surface area contributed by atoms with Gasteiger partial charge in [0.25, 0.3) is 0 Å². The van der Waals surface area contributed by atoms with Crippen molar-refractivity contribution in [3.8, 4) is 5.75 Å². The highest BCUT2D eigenvalue weighted by atomic mass is 35.5. The van der Waals surface area contributed by atoms with E-state index in [4.69, 9.17) is 16.3 Å². The maximum absolute atomic E-state index is 15.3. The van der Waals surface area contributed by atoms with Crippen molar-refractivity contribution in [2.24, 2.45) is 5.92 Å². The predicted molar refractivity (Wildman–Crippen MR) is 140 cm³/mol. The summed E-state index contributed by atoms with van der Waals surface area (Å²) in [5.74, 6) is -1.89. The second-order valence-corrected chi connectivity index (χ2v) is 10.5. The molecule has 1 aliphatic carbocycles. The number of carbonyl (C=O) groups excluding carboxylic acids is 3. The van der Waals surface area contributed by atoms with Gasteiger partial charge in [-0.05, 0) is 43.9 Å². The van der Waals surface area contributed by atoms with E-state index in [-0.39, 0.29) is 48.4 Å². The summed E-state index contributed by atoms with van der Waals surface area (Å²) in [5, 5.41) is 13.1. The molecule has 1 saturated carbocycles. The molecule has 2 amide bonds. The lowest BCUT2D eigenvalue weighted by molar-refractivity contribution is -0.142. The highest BCUT2D eigenvalue weighted by molar-refractivity contribution is 6.30. The summed E-state index contributed by atoms with van der Waals surface area (Å²) in [4.78, 5) is 40.2. The number of phenolic OH excluding ortho intramolecular Hbond substituents is 1. The number of aromatic nitrogens is 1. The molecule has 3 aromatic rings. The number of aromatic hydroxyl groups is 1. The number of fused-ring (bicyclic) bond motifs is 1. The van der Waals surface area contributed by atoms with Crippen LogP contribution in [0.15, 0.2) is 42.6 Å². The van der Waals surface area contributed by atoms with Gasteiger partial charge in [-0.1, -0.05) is 23.7 Å². The van der Waals surface area contributed by atoms with E-state index in [9.17, 15) is 23.9 Å². The maximum Gasteiger partial charge on any atom is 0.245 e. The van der Waals surface area contributed by atoms with Gasteiger partial charge in [0.15, 0.2) is 5.78 Å². The van der Waals surface area contributed by atoms with E-state index in [1.807, 2.05) is 0 Å². The van der Waals surface area contributed by atoms with Crippen LogP contribution in [0.25, 0.3) is 10.9 Å². The minimum Gasteiger partial charge on any atom is -0.508 e. The van der Waals surface area contributed by atoms with Crippen LogP contribution in [0.5, 0.6) is 5.75 Å². The van der Waals surface area contributed by atoms with Gasteiger partial charge < -0.3 is 24.6 Å². The van der Waals surface area contributed by atoms with Crippen LogP contribution in [-0.4, -0.2) is 63.6 Å². The molecule has 1 saturated heterocycles. The summed E-state index contributed by atoms with van der Waals surface area (Å²) in [6.07, 6.45) is 0.638. The van der Waals surface area contributed by atoms with E-state index >= 15 is 4.39 Å². The third kappa shape index (κ3) is 5.62. The number of Topliss-reactive ketones (excluding diaryl/α,β-unsaturated/α-hetero) is 1. The number of ketones is 1. The summed E-state index contributed by atoms with van der Waals surface area (Å²) in [6.45, 7) is 0.805. The van der Waals surface area contributed by atoms with Crippen molar-refractivity contribution in [2.75, 3.05) is 13.2 Å². The second-order valence-electron chi connectivity index (χ2n) is 10.1. The van der Waals surface area contributed by atoms with Crippen molar-refractivity contribution in [3.05, 3.63) is 64.6 Å². The third-order valence-corrected chi connectivity index (χ3v) is 7.51. The van der Waals surface area contributed by atoms with Gasteiger partial charge >= 0.3 is 0 Å². The maximum atomic E-state index is 15.3. The number of alkyl halides is 1. The zero-order chi connectivity index (χ0) is 27.8. The molecule has 1 unspecified atom stereocenters. The highest BCUT2D eigenvalue weighted by Gasteiger charge is 2.49. The molecular weight excluding hydrogens is 532 g/mol. The molecule has 2 fully saturated rings. The van der Waals surface area contributed by atoms with Crippen LogP contribution in [0.1, 0.15) is 35.7 Å². The van der Waals surface area contributed by atoms with E-state index < -0.39 is 35.9 Å². The predicted octanol–water partition coefficient (Wildman–Crippen LogP) is 4.00. The number of nitrogens with zero attached hydrogens (tertiary/aromatic N) is 2. The number of amides is 2. The fraction of sp³-hybridized carbons (Fsp3) is 0.393. The zero-order valence-corrected chi connectivity index (χ0v) is 22.0. The molecule has 0 bridgehead atoms. The topological polar surface area (TPSA) is 101 Å². The molecule has 11 heteroatoms. The Labute approximate surface area is 228 Å². The number of phenols is 1. The average Bonchev–Trinajstić information content (AvgIpc) is 3.58. The van der Waals surface area contributed by atoms with Gasteiger partial charge in [-0.2, -0.15) is 0 Å². The normalized spacial score (nSPS) is 20.9. The molecule has 1 aromatic heterocycles. The number of rotatable bonds is 9. The minimum absolute atomic E-state index is 0.0477. The van der Waals surface area contributed by atoms with Crippen LogP contribution >= 0.6 is 11.6 Å². The third-order valence-electron chi connectivity index (χ3n) is 7.22. The Hall–Kier alpha value is -3.50. The first kappa shape index (κ1) is 27.1. The quantitative estimate of drug-likeness (QED) is 0.386. The number of likely N-dealkylation sites (tertiary alicyclic amines) is 1. The van der Waals surface area contributed by atoms with Gasteiger partial charge in [-0.15, -0.1) is 0 Å². The van der Waals surface area contributed by atoms with Gasteiger partial charge in [0.1, 0.15) is 36.4 Å². The van der Waals surface area contributed by atoms with Gasteiger partial charge in [0.2, 0.25) is 11.8 Å². The van der Waals surface area contributed by atoms with Crippen LogP contribution in [0.2, 0.25) is 5.02 Å². The molecule has 1 aliphatic heterocycles. The number of benzene rings is 2. The first-order valence-corrected chi connectivity index (χ1v) is 13.1. The van der Waals surface area contributed by atoms with Crippen molar-refractivity contribution < 1.29 is 33.0 Å². The van der Waals surface area contributed by atoms with Crippen LogP contribution in [0.4, 0.5) is 8.78 Å². The molecule has 206 valence electrons. The summed E-state index contributed by atoms with van der Waals surface area (Å²) in [7, 11) is 0. The molecule has 2 aromatic carbocycles. The molecule has 0 spiro atoms. The van der Waals surface area contributed by atoms with Crippen LogP contribution in [0, 0.1) is 11.7 Å². The number of carbonyl (C=O) groups is 3. The molecule has 8 nitrogen and oxygen atoms in total. The standard InChI is InChI=1S/C28H28ClF2N3O5/c1-15(35)20-11-33(23-9-18(36)7-8-19(20)23)13-24(37)34-12-22(30)27(39-14-16-5-6-16)26(34)28(38)32-10-17-3-2-4-21(29)25(17)31/h2-4,7-9,11,16,22,26-27,36H,5-6,10,12-14H2,1H3,(H,32,38)/t22?,26-,27+/m0/s1.